The SMILES string of the molecule is CCC=Cc1cc(-c2cc(C3CC3)c[n+](C)c2C)cc(C)c1OC. The monoisotopic (exact) mass is 322 g/mol. The van der Waals surface area contributed by atoms with Crippen molar-refractivity contribution in [1.82, 2.24) is 0 Å². The van der Waals surface area contributed by atoms with E-state index in [0.717, 1.165) is 23.7 Å². The van der Waals surface area contributed by atoms with Gasteiger partial charge in [0.1, 0.15) is 12.8 Å². The van der Waals surface area contributed by atoms with Crippen molar-refractivity contribution in [2.45, 2.75) is 46.0 Å². The van der Waals surface area contributed by atoms with Crippen molar-refractivity contribution in [3.8, 4) is 16.9 Å². The third-order valence-corrected chi connectivity index (χ3v) is 4.97. The molecular formula is C22H28NO+. The predicted octanol–water partition coefficient (Wildman–Crippen LogP) is 5.10. The Morgan fingerprint density at radius 1 is 1.21 bits per heavy atom. The molecular weight excluding hydrogens is 294 g/mol. The van der Waals surface area contributed by atoms with E-state index in [-0.39, 0.29) is 0 Å². The number of nitrogens with zero attached hydrogens (tertiary/aromatic N) is 1. The summed E-state index contributed by atoms with van der Waals surface area (Å²) >= 11 is 0. The van der Waals surface area contributed by atoms with E-state index < -0.39 is 0 Å². The summed E-state index contributed by atoms with van der Waals surface area (Å²) < 4.78 is 7.90. The number of pyridine rings is 1. The van der Waals surface area contributed by atoms with Crippen LogP contribution in [0.5, 0.6) is 5.75 Å². The molecule has 2 aromatic rings. The van der Waals surface area contributed by atoms with Gasteiger partial charge in [0.05, 0.1) is 7.11 Å². The number of aromatic nitrogens is 1. The highest BCUT2D eigenvalue weighted by Gasteiger charge is 2.27. The quantitative estimate of drug-likeness (QED) is 0.698. The molecule has 1 heterocycles. The number of benzene rings is 1. The number of rotatable bonds is 5. The van der Waals surface area contributed by atoms with Crippen molar-refractivity contribution < 1.29 is 9.30 Å². The van der Waals surface area contributed by atoms with Gasteiger partial charge in [-0.2, -0.15) is 0 Å². The molecule has 0 bridgehead atoms. The molecule has 1 aliphatic rings. The Morgan fingerprint density at radius 2 is 1.96 bits per heavy atom. The average Bonchev–Trinajstić information content (AvgIpc) is 3.39. The Hall–Kier alpha value is -2.09. The van der Waals surface area contributed by atoms with Crippen molar-refractivity contribution >= 4 is 6.08 Å². The molecule has 0 N–H and O–H groups in total. The molecule has 1 aliphatic carbocycles. The highest BCUT2D eigenvalue weighted by Crippen LogP contribution is 2.41. The summed E-state index contributed by atoms with van der Waals surface area (Å²) in [7, 11) is 3.91. The summed E-state index contributed by atoms with van der Waals surface area (Å²) in [5, 5.41) is 0. The van der Waals surface area contributed by atoms with Crippen LogP contribution < -0.4 is 9.30 Å². The molecule has 2 nitrogen and oxygen atoms in total. The van der Waals surface area contributed by atoms with Gasteiger partial charge in [0, 0.05) is 23.6 Å². The summed E-state index contributed by atoms with van der Waals surface area (Å²) in [5.41, 5.74) is 7.72. The van der Waals surface area contributed by atoms with Gasteiger partial charge in [-0.25, -0.2) is 4.57 Å². The molecule has 0 atom stereocenters. The van der Waals surface area contributed by atoms with Gasteiger partial charge in [0.25, 0.3) is 0 Å². The molecule has 0 amide bonds. The minimum Gasteiger partial charge on any atom is -0.496 e. The van der Waals surface area contributed by atoms with E-state index in [2.05, 4.69) is 68.9 Å². The van der Waals surface area contributed by atoms with Gasteiger partial charge in [-0.05, 0) is 61.4 Å². The van der Waals surface area contributed by atoms with Crippen molar-refractivity contribution in [3.05, 3.63) is 52.9 Å². The predicted molar refractivity (Wildman–Crippen MR) is 100 cm³/mol. The standard InChI is InChI=1S/C22H28NO/c1-6-7-8-18-12-19(11-15(2)22(18)24-5)21-13-20(17-9-10-17)14-23(4)16(21)3/h7-8,11-14,17H,6,9-10H2,1-5H3/q+1. The summed E-state index contributed by atoms with van der Waals surface area (Å²) in [5.74, 6) is 1.73. The van der Waals surface area contributed by atoms with Gasteiger partial charge >= 0.3 is 0 Å². The fourth-order valence-corrected chi connectivity index (χ4v) is 3.36. The van der Waals surface area contributed by atoms with E-state index in [9.17, 15) is 0 Å². The second kappa shape index (κ2) is 6.80. The fraction of sp³-hybridized carbons (Fsp3) is 0.409. The van der Waals surface area contributed by atoms with Crippen molar-refractivity contribution in [1.29, 1.82) is 0 Å². The lowest BCUT2D eigenvalue weighted by Crippen LogP contribution is -2.32. The Bertz CT molecular complexity index is 785. The molecule has 0 radical (unpaired) electrons. The minimum atomic E-state index is 0.759. The first-order chi connectivity index (χ1) is 11.5. The molecule has 1 aromatic carbocycles. The lowest BCUT2D eigenvalue weighted by Gasteiger charge is -2.13. The maximum Gasteiger partial charge on any atom is 0.185 e. The third-order valence-electron chi connectivity index (χ3n) is 4.97. The second-order valence-corrected chi connectivity index (χ2v) is 6.88. The highest BCUT2D eigenvalue weighted by atomic mass is 16.5. The second-order valence-electron chi connectivity index (χ2n) is 6.88. The van der Waals surface area contributed by atoms with Crippen LogP contribution in [0, 0.1) is 13.8 Å². The highest BCUT2D eigenvalue weighted by molar-refractivity contribution is 5.73. The van der Waals surface area contributed by atoms with E-state index in [4.69, 9.17) is 4.74 Å². The van der Waals surface area contributed by atoms with Crippen LogP contribution in [0.15, 0.2) is 30.5 Å². The van der Waals surface area contributed by atoms with Gasteiger partial charge in [-0.3, -0.25) is 0 Å². The Kier molecular flexibility index (Phi) is 4.75. The van der Waals surface area contributed by atoms with E-state index in [1.54, 1.807) is 7.11 Å². The minimum absolute atomic E-state index is 0.759. The van der Waals surface area contributed by atoms with Gasteiger partial charge in [-0.15, -0.1) is 0 Å². The zero-order chi connectivity index (χ0) is 17.3. The molecule has 2 heteroatoms. The molecule has 3 rings (SSSR count). The first-order valence-electron chi connectivity index (χ1n) is 8.90. The number of hydrogen-bond acceptors (Lipinski definition) is 1. The molecule has 1 fully saturated rings. The van der Waals surface area contributed by atoms with Gasteiger partial charge < -0.3 is 4.74 Å². The molecule has 1 aromatic heterocycles. The topological polar surface area (TPSA) is 13.1 Å². The molecule has 1 saturated carbocycles. The largest absolute Gasteiger partial charge is 0.496 e. The molecule has 0 saturated heterocycles. The first kappa shape index (κ1) is 16.8. The van der Waals surface area contributed by atoms with Crippen LogP contribution in [0.1, 0.15) is 54.5 Å². The zero-order valence-corrected chi connectivity index (χ0v) is 15.5. The smallest absolute Gasteiger partial charge is 0.185 e. The van der Waals surface area contributed by atoms with Crippen molar-refractivity contribution in [2.24, 2.45) is 7.05 Å². The summed E-state index contributed by atoms with van der Waals surface area (Å²) in [6.07, 6.45) is 10.3. The first-order valence-corrected chi connectivity index (χ1v) is 8.90. The van der Waals surface area contributed by atoms with Crippen LogP contribution >= 0.6 is 0 Å². The van der Waals surface area contributed by atoms with Crippen LogP contribution in [-0.2, 0) is 7.05 Å². The number of hydrogen-bond donors (Lipinski definition) is 0. The fourth-order valence-electron chi connectivity index (χ4n) is 3.36. The number of methoxy groups -OCH3 is 1. The van der Waals surface area contributed by atoms with E-state index in [1.807, 2.05) is 0 Å². The molecule has 24 heavy (non-hydrogen) atoms. The summed E-state index contributed by atoms with van der Waals surface area (Å²) in [6.45, 7) is 6.49. The van der Waals surface area contributed by atoms with Gasteiger partial charge in [-0.1, -0.05) is 19.1 Å². The average molecular weight is 322 g/mol. The lowest BCUT2D eigenvalue weighted by atomic mass is 9.96. The zero-order valence-electron chi connectivity index (χ0n) is 15.5. The van der Waals surface area contributed by atoms with E-state index in [1.165, 1.54) is 40.8 Å². The molecule has 0 unspecified atom stereocenters. The number of aryl methyl sites for hydroxylation is 2. The van der Waals surface area contributed by atoms with Crippen LogP contribution in [0.25, 0.3) is 17.2 Å². The third kappa shape index (κ3) is 3.24. The van der Waals surface area contributed by atoms with E-state index in [0.29, 0.717) is 0 Å². The molecule has 0 spiro atoms. The van der Waals surface area contributed by atoms with Crippen LogP contribution in [0.2, 0.25) is 0 Å². The molecule has 0 aliphatic heterocycles. The normalized spacial score (nSPS) is 14.4. The Labute approximate surface area is 145 Å². The lowest BCUT2D eigenvalue weighted by molar-refractivity contribution is -0.677. The van der Waals surface area contributed by atoms with Gasteiger partial charge in [0.15, 0.2) is 11.9 Å². The Morgan fingerprint density at radius 3 is 2.58 bits per heavy atom. The maximum atomic E-state index is 5.63. The van der Waals surface area contributed by atoms with Crippen LogP contribution in [0.3, 0.4) is 0 Å². The maximum absolute atomic E-state index is 5.63. The van der Waals surface area contributed by atoms with Crippen molar-refractivity contribution in [2.75, 3.05) is 7.11 Å². The summed E-state index contributed by atoms with van der Waals surface area (Å²) in [6, 6.07) is 6.90. The van der Waals surface area contributed by atoms with E-state index >= 15 is 0 Å². The van der Waals surface area contributed by atoms with Crippen LogP contribution in [0.4, 0.5) is 0 Å². The van der Waals surface area contributed by atoms with Crippen LogP contribution in [-0.4, -0.2) is 7.11 Å². The summed E-state index contributed by atoms with van der Waals surface area (Å²) in [4.78, 5) is 0. The number of allylic oxidation sites excluding steroid dienone is 1. The van der Waals surface area contributed by atoms with Gasteiger partial charge in [0.2, 0.25) is 0 Å². The Balaban J connectivity index is 2.15. The van der Waals surface area contributed by atoms with Crippen molar-refractivity contribution in [3.63, 3.8) is 0 Å². The number of ether oxygens (including phenoxy) is 1. The molecule has 126 valence electrons.